The van der Waals surface area contributed by atoms with Gasteiger partial charge in [0, 0.05) is 24.9 Å². The van der Waals surface area contributed by atoms with E-state index in [-0.39, 0.29) is 18.4 Å². The lowest BCUT2D eigenvalue weighted by Gasteiger charge is -2.34. The Kier molecular flexibility index (Phi) is 6.37. The second-order valence-corrected chi connectivity index (χ2v) is 5.72. The minimum absolute atomic E-state index is 0. The smallest absolute Gasteiger partial charge is 0.313 e. The number of benzene rings is 1. The number of rotatable bonds is 2. The van der Waals surface area contributed by atoms with E-state index in [1.54, 1.807) is 6.07 Å². The maximum atomic E-state index is 12.0. The van der Waals surface area contributed by atoms with E-state index in [4.69, 9.17) is 4.84 Å². The topological polar surface area (TPSA) is 41.9 Å². The third-order valence-electron chi connectivity index (χ3n) is 3.89. The van der Waals surface area contributed by atoms with Crippen molar-refractivity contribution in [1.29, 1.82) is 0 Å². The highest BCUT2D eigenvalue weighted by Crippen LogP contribution is 2.18. The summed E-state index contributed by atoms with van der Waals surface area (Å²) in [6.45, 7) is 7.16. The maximum Gasteiger partial charge on any atom is 0.365 e. The third-order valence-corrected chi connectivity index (χ3v) is 3.89. The summed E-state index contributed by atoms with van der Waals surface area (Å²) in [6.07, 6.45) is 0.846. The van der Waals surface area contributed by atoms with Crippen molar-refractivity contribution in [3.8, 4) is 0 Å². The first kappa shape index (κ1) is 17.7. The summed E-state index contributed by atoms with van der Waals surface area (Å²) in [5, 5.41) is 4.10. The molecule has 0 bridgehead atoms. The van der Waals surface area contributed by atoms with Crippen molar-refractivity contribution in [2.24, 2.45) is 11.1 Å². The molecule has 0 spiro atoms. The minimum Gasteiger partial charge on any atom is -0.313 e. The van der Waals surface area contributed by atoms with Gasteiger partial charge < -0.3 is 9.74 Å². The number of nitrogens with zero attached hydrogens (tertiary/aromatic N) is 2. The van der Waals surface area contributed by atoms with E-state index in [0.717, 1.165) is 24.2 Å². The highest BCUT2D eigenvalue weighted by Gasteiger charge is 2.26. The van der Waals surface area contributed by atoms with Crippen molar-refractivity contribution in [2.75, 3.05) is 13.6 Å². The number of halogens is 1. The standard InChI is InChI=1S/C16H22N2O2.ClH/c1-11-6-5-7-14(8-11)16(19)20-17-15-9-13(3)18(4)10-12(15)2;/h5-8,12-13H,9-10H2,1-4H3;1H/b17-15-;. The van der Waals surface area contributed by atoms with Crippen LogP contribution in [0.3, 0.4) is 0 Å². The van der Waals surface area contributed by atoms with Gasteiger partial charge in [0.05, 0.1) is 11.3 Å². The van der Waals surface area contributed by atoms with Gasteiger partial charge in [-0.15, -0.1) is 12.4 Å². The van der Waals surface area contributed by atoms with Crippen LogP contribution in [0.2, 0.25) is 0 Å². The quantitative estimate of drug-likeness (QED) is 0.622. The summed E-state index contributed by atoms with van der Waals surface area (Å²) in [4.78, 5) is 19.4. The van der Waals surface area contributed by atoms with E-state index in [2.05, 4.69) is 31.0 Å². The third kappa shape index (κ3) is 4.55. The van der Waals surface area contributed by atoms with Crippen molar-refractivity contribution < 1.29 is 9.63 Å². The van der Waals surface area contributed by atoms with Gasteiger partial charge in [-0.3, -0.25) is 0 Å². The van der Waals surface area contributed by atoms with E-state index in [1.807, 2.05) is 25.1 Å². The van der Waals surface area contributed by atoms with Crippen LogP contribution in [0, 0.1) is 12.8 Å². The zero-order valence-corrected chi connectivity index (χ0v) is 13.8. The monoisotopic (exact) mass is 310 g/mol. The molecule has 0 saturated carbocycles. The molecule has 2 rings (SSSR count). The van der Waals surface area contributed by atoms with Crippen LogP contribution in [0.5, 0.6) is 0 Å². The molecular formula is C16H23ClN2O2. The molecule has 4 nitrogen and oxygen atoms in total. The highest BCUT2D eigenvalue weighted by molar-refractivity contribution is 5.92. The van der Waals surface area contributed by atoms with E-state index in [0.29, 0.717) is 17.5 Å². The van der Waals surface area contributed by atoms with Crippen molar-refractivity contribution in [3.63, 3.8) is 0 Å². The van der Waals surface area contributed by atoms with Crippen molar-refractivity contribution in [2.45, 2.75) is 33.2 Å². The van der Waals surface area contributed by atoms with Crippen LogP contribution >= 0.6 is 12.4 Å². The second kappa shape index (κ2) is 7.57. The normalized spacial score (nSPS) is 24.5. The number of likely N-dealkylation sites (tertiary alicyclic amines) is 1. The van der Waals surface area contributed by atoms with Crippen LogP contribution in [0.25, 0.3) is 0 Å². The first-order chi connectivity index (χ1) is 9.47. The number of aryl methyl sites for hydroxylation is 1. The van der Waals surface area contributed by atoms with Crippen molar-refractivity contribution in [3.05, 3.63) is 35.4 Å². The van der Waals surface area contributed by atoms with Gasteiger partial charge in [-0.1, -0.05) is 29.8 Å². The molecule has 116 valence electrons. The molecule has 1 fully saturated rings. The molecule has 0 aromatic heterocycles. The fourth-order valence-corrected chi connectivity index (χ4v) is 2.43. The van der Waals surface area contributed by atoms with Crippen molar-refractivity contribution >= 4 is 24.1 Å². The SMILES string of the molecule is Cc1cccc(C(=O)O/N=C2/CC(C)N(C)CC2C)c1.Cl. The van der Waals surface area contributed by atoms with Crippen LogP contribution in [-0.4, -0.2) is 36.2 Å². The van der Waals surface area contributed by atoms with Gasteiger partial charge in [0.25, 0.3) is 0 Å². The predicted molar refractivity (Wildman–Crippen MR) is 87.2 cm³/mol. The van der Waals surface area contributed by atoms with Gasteiger partial charge in [-0.05, 0) is 33.0 Å². The van der Waals surface area contributed by atoms with Crippen LogP contribution in [0.15, 0.2) is 29.4 Å². The molecule has 0 aliphatic carbocycles. The molecule has 0 N–H and O–H groups in total. The van der Waals surface area contributed by atoms with Gasteiger partial charge >= 0.3 is 5.97 Å². The first-order valence-corrected chi connectivity index (χ1v) is 7.02. The van der Waals surface area contributed by atoms with Gasteiger partial charge in [-0.25, -0.2) is 4.79 Å². The molecule has 1 aromatic rings. The summed E-state index contributed by atoms with van der Waals surface area (Å²) in [7, 11) is 2.11. The lowest BCUT2D eigenvalue weighted by molar-refractivity contribution is 0.0508. The number of oxime groups is 1. The van der Waals surface area contributed by atoms with Crippen molar-refractivity contribution in [1.82, 2.24) is 4.90 Å². The molecule has 0 radical (unpaired) electrons. The molecule has 0 amide bonds. The second-order valence-electron chi connectivity index (χ2n) is 5.72. The molecule has 5 heteroatoms. The van der Waals surface area contributed by atoms with Crippen LogP contribution in [-0.2, 0) is 4.84 Å². The average molecular weight is 311 g/mol. The summed E-state index contributed by atoms with van der Waals surface area (Å²) in [5.41, 5.74) is 2.55. The Morgan fingerprint density at radius 1 is 1.38 bits per heavy atom. The molecule has 21 heavy (non-hydrogen) atoms. The number of hydrogen-bond acceptors (Lipinski definition) is 4. The van der Waals surface area contributed by atoms with Gasteiger partial charge in [-0.2, -0.15) is 0 Å². The minimum atomic E-state index is -0.389. The summed E-state index contributed by atoms with van der Waals surface area (Å²) < 4.78 is 0. The van der Waals surface area contributed by atoms with Gasteiger partial charge in [0.2, 0.25) is 0 Å². The molecular weight excluding hydrogens is 288 g/mol. The van der Waals surface area contributed by atoms with E-state index >= 15 is 0 Å². The van der Waals surface area contributed by atoms with Gasteiger partial charge in [0.15, 0.2) is 0 Å². The van der Waals surface area contributed by atoms with Crippen LogP contribution < -0.4 is 0 Å². The Bertz CT molecular complexity index is 531. The molecule has 1 saturated heterocycles. The molecule has 1 heterocycles. The highest BCUT2D eigenvalue weighted by atomic mass is 35.5. The lowest BCUT2D eigenvalue weighted by atomic mass is 9.93. The summed E-state index contributed by atoms with van der Waals surface area (Å²) in [5.74, 6) is -0.0681. The predicted octanol–water partition coefficient (Wildman–Crippen LogP) is 3.29. The Morgan fingerprint density at radius 3 is 2.76 bits per heavy atom. The molecule has 1 aromatic carbocycles. The molecule has 1 aliphatic rings. The largest absolute Gasteiger partial charge is 0.365 e. The Labute approximate surface area is 132 Å². The zero-order chi connectivity index (χ0) is 14.7. The van der Waals surface area contributed by atoms with E-state index < -0.39 is 0 Å². The number of piperidine rings is 1. The van der Waals surface area contributed by atoms with Crippen LogP contribution in [0.1, 0.15) is 36.2 Å². The number of carbonyl (C=O) groups is 1. The van der Waals surface area contributed by atoms with E-state index in [9.17, 15) is 4.79 Å². The Morgan fingerprint density at radius 2 is 2.10 bits per heavy atom. The Hall–Kier alpha value is -1.39. The molecule has 2 unspecified atom stereocenters. The number of carbonyl (C=O) groups excluding carboxylic acids is 1. The lowest BCUT2D eigenvalue weighted by Crippen LogP contribution is -2.43. The summed E-state index contributed by atoms with van der Waals surface area (Å²) >= 11 is 0. The number of hydrogen-bond donors (Lipinski definition) is 0. The zero-order valence-electron chi connectivity index (χ0n) is 13.0. The fraction of sp³-hybridized carbons (Fsp3) is 0.500. The molecule has 1 aliphatic heterocycles. The average Bonchev–Trinajstić information content (AvgIpc) is 2.41. The summed E-state index contributed by atoms with van der Waals surface area (Å²) in [6, 6.07) is 7.78. The van der Waals surface area contributed by atoms with E-state index in [1.165, 1.54) is 0 Å². The first-order valence-electron chi connectivity index (χ1n) is 7.02. The van der Waals surface area contributed by atoms with Crippen LogP contribution in [0.4, 0.5) is 0 Å². The van der Waals surface area contributed by atoms with Gasteiger partial charge in [0.1, 0.15) is 0 Å². The molecule has 2 atom stereocenters. The fourth-order valence-electron chi connectivity index (χ4n) is 2.43. The maximum absolute atomic E-state index is 12.0. The Balaban J connectivity index is 0.00000220.